The summed E-state index contributed by atoms with van der Waals surface area (Å²) >= 11 is 0. The Morgan fingerprint density at radius 3 is 2.73 bits per heavy atom. The van der Waals surface area contributed by atoms with Gasteiger partial charge in [-0.05, 0) is 38.1 Å². The van der Waals surface area contributed by atoms with E-state index in [2.05, 4.69) is 15.5 Å². The normalized spacial score (nSPS) is 11.0. The van der Waals surface area contributed by atoms with Crippen LogP contribution in [0.2, 0.25) is 0 Å². The van der Waals surface area contributed by atoms with Gasteiger partial charge in [0.05, 0.1) is 29.9 Å². The fraction of sp³-hybridized carbons (Fsp3) is 0.211. The third kappa shape index (κ3) is 2.88. The van der Waals surface area contributed by atoms with Crippen LogP contribution in [-0.4, -0.2) is 32.8 Å². The predicted molar refractivity (Wildman–Crippen MR) is 100 cm³/mol. The second-order valence-electron chi connectivity index (χ2n) is 5.62. The number of nitrogens with one attached hydrogen (secondary N) is 1. The number of rotatable bonds is 6. The molecule has 1 N–H and O–H groups in total. The molecule has 0 aliphatic carbocycles. The van der Waals surface area contributed by atoms with E-state index in [0.717, 1.165) is 28.2 Å². The van der Waals surface area contributed by atoms with E-state index in [0.29, 0.717) is 24.7 Å². The Bertz CT molecular complexity index is 1060. The van der Waals surface area contributed by atoms with Crippen LogP contribution in [0.25, 0.3) is 16.7 Å². The molecule has 0 aliphatic rings. The van der Waals surface area contributed by atoms with Crippen LogP contribution >= 0.6 is 0 Å². The zero-order chi connectivity index (χ0) is 17.9. The maximum absolute atomic E-state index is 5.73. The molecular formula is C19H19N5O2. The van der Waals surface area contributed by atoms with Crippen molar-refractivity contribution in [3.05, 3.63) is 48.8 Å². The van der Waals surface area contributed by atoms with Gasteiger partial charge in [0.1, 0.15) is 17.8 Å². The van der Waals surface area contributed by atoms with Crippen molar-refractivity contribution < 1.29 is 9.47 Å². The van der Waals surface area contributed by atoms with Gasteiger partial charge in [0, 0.05) is 6.07 Å². The number of fused-ring (bicyclic) bond motifs is 3. The van der Waals surface area contributed by atoms with Gasteiger partial charge in [-0.25, -0.2) is 4.98 Å². The maximum atomic E-state index is 5.73. The van der Waals surface area contributed by atoms with Crippen molar-refractivity contribution in [2.45, 2.75) is 13.8 Å². The zero-order valence-corrected chi connectivity index (χ0v) is 14.6. The molecular weight excluding hydrogens is 330 g/mol. The lowest BCUT2D eigenvalue weighted by atomic mass is 10.2. The van der Waals surface area contributed by atoms with Crippen LogP contribution in [0.4, 0.5) is 11.5 Å². The Morgan fingerprint density at radius 2 is 1.88 bits per heavy atom. The summed E-state index contributed by atoms with van der Waals surface area (Å²) in [6, 6.07) is 13.5. The molecule has 0 atom stereocenters. The lowest BCUT2D eigenvalue weighted by Gasteiger charge is -2.14. The summed E-state index contributed by atoms with van der Waals surface area (Å²) in [6.07, 6.45) is 1.69. The first-order chi connectivity index (χ1) is 12.8. The number of anilines is 2. The van der Waals surface area contributed by atoms with E-state index in [-0.39, 0.29) is 0 Å². The van der Waals surface area contributed by atoms with E-state index in [1.54, 1.807) is 6.33 Å². The number of ether oxygens (including phenoxy) is 2. The lowest BCUT2D eigenvalue weighted by Crippen LogP contribution is -2.03. The summed E-state index contributed by atoms with van der Waals surface area (Å²) in [4.78, 5) is 4.72. The molecule has 0 fully saturated rings. The predicted octanol–water partition coefficient (Wildman–Crippen LogP) is 3.82. The molecule has 2 heterocycles. The molecule has 0 unspecified atom stereocenters. The van der Waals surface area contributed by atoms with E-state index in [1.165, 1.54) is 0 Å². The first kappa shape index (κ1) is 16.1. The van der Waals surface area contributed by atoms with E-state index < -0.39 is 0 Å². The van der Waals surface area contributed by atoms with E-state index in [9.17, 15) is 0 Å². The fourth-order valence-corrected chi connectivity index (χ4v) is 2.86. The van der Waals surface area contributed by atoms with Crippen molar-refractivity contribution in [3.63, 3.8) is 0 Å². The highest BCUT2D eigenvalue weighted by Crippen LogP contribution is 2.33. The number of para-hydroxylation sites is 2. The van der Waals surface area contributed by atoms with Gasteiger partial charge >= 0.3 is 0 Å². The molecule has 0 saturated carbocycles. The second-order valence-corrected chi connectivity index (χ2v) is 5.62. The Labute approximate surface area is 150 Å². The number of hydrogen-bond donors (Lipinski definition) is 1. The largest absolute Gasteiger partial charge is 0.494 e. The minimum Gasteiger partial charge on any atom is -0.494 e. The van der Waals surface area contributed by atoms with Gasteiger partial charge in [0.2, 0.25) is 5.65 Å². The van der Waals surface area contributed by atoms with Gasteiger partial charge in [-0.3, -0.25) is 4.40 Å². The molecule has 7 nitrogen and oxygen atoms in total. The molecule has 0 aliphatic heterocycles. The maximum Gasteiger partial charge on any atom is 0.204 e. The minimum absolute atomic E-state index is 0.564. The van der Waals surface area contributed by atoms with E-state index in [1.807, 2.05) is 60.7 Å². The minimum atomic E-state index is 0.564. The monoisotopic (exact) mass is 349 g/mol. The Balaban J connectivity index is 1.83. The second kappa shape index (κ2) is 6.87. The van der Waals surface area contributed by atoms with Crippen LogP contribution in [0.1, 0.15) is 13.8 Å². The van der Waals surface area contributed by atoms with Crippen molar-refractivity contribution in [1.29, 1.82) is 0 Å². The SMILES string of the molecule is CCOc1ccc(OCC)c(Nc2nc3ccccc3n3cnnc23)c1. The van der Waals surface area contributed by atoms with Gasteiger partial charge in [0.25, 0.3) is 0 Å². The third-order valence-electron chi connectivity index (χ3n) is 3.95. The number of aromatic nitrogens is 4. The Hall–Kier alpha value is -3.35. The Kier molecular flexibility index (Phi) is 4.27. The quantitative estimate of drug-likeness (QED) is 0.570. The van der Waals surface area contributed by atoms with Crippen molar-refractivity contribution >= 4 is 28.2 Å². The average Bonchev–Trinajstić information content (AvgIpc) is 3.15. The van der Waals surface area contributed by atoms with Gasteiger partial charge in [0.15, 0.2) is 5.82 Å². The number of hydrogen-bond acceptors (Lipinski definition) is 6. The van der Waals surface area contributed by atoms with Crippen molar-refractivity contribution in [1.82, 2.24) is 19.6 Å². The molecule has 7 heteroatoms. The number of benzene rings is 2. The molecule has 0 saturated heterocycles. The van der Waals surface area contributed by atoms with Crippen LogP contribution in [0.5, 0.6) is 11.5 Å². The summed E-state index contributed by atoms with van der Waals surface area (Å²) in [6.45, 7) is 5.06. The van der Waals surface area contributed by atoms with Gasteiger partial charge in [-0.15, -0.1) is 10.2 Å². The smallest absolute Gasteiger partial charge is 0.204 e. The van der Waals surface area contributed by atoms with Crippen LogP contribution in [-0.2, 0) is 0 Å². The molecule has 4 rings (SSSR count). The summed E-state index contributed by atoms with van der Waals surface area (Å²) in [7, 11) is 0. The van der Waals surface area contributed by atoms with Crippen molar-refractivity contribution in [3.8, 4) is 11.5 Å². The standard InChI is InChI=1S/C19H19N5O2/c1-3-25-13-9-10-17(26-4-2)15(11-13)22-18-19-23-20-12-24(19)16-8-6-5-7-14(16)21-18/h5-12H,3-4H2,1-2H3,(H,21,22). The molecule has 0 amide bonds. The molecule has 0 spiro atoms. The third-order valence-corrected chi connectivity index (χ3v) is 3.95. The highest BCUT2D eigenvalue weighted by molar-refractivity contribution is 5.84. The lowest BCUT2D eigenvalue weighted by molar-refractivity contribution is 0.332. The summed E-state index contributed by atoms with van der Waals surface area (Å²) in [5.74, 6) is 2.09. The molecule has 2 aromatic heterocycles. The van der Waals surface area contributed by atoms with Gasteiger partial charge < -0.3 is 14.8 Å². The van der Waals surface area contributed by atoms with Crippen LogP contribution in [0.15, 0.2) is 48.8 Å². The fourth-order valence-electron chi connectivity index (χ4n) is 2.86. The van der Waals surface area contributed by atoms with Crippen LogP contribution < -0.4 is 14.8 Å². The van der Waals surface area contributed by atoms with Gasteiger partial charge in [-0.2, -0.15) is 0 Å². The van der Waals surface area contributed by atoms with E-state index >= 15 is 0 Å². The number of nitrogens with zero attached hydrogens (tertiary/aromatic N) is 4. The Morgan fingerprint density at radius 1 is 1.04 bits per heavy atom. The topological polar surface area (TPSA) is 73.6 Å². The summed E-state index contributed by atoms with van der Waals surface area (Å²) in [5.41, 5.74) is 3.21. The van der Waals surface area contributed by atoms with E-state index in [4.69, 9.17) is 14.5 Å². The molecule has 0 bridgehead atoms. The highest BCUT2D eigenvalue weighted by atomic mass is 16.5. The molecule has 0 radical (unpaired) electrons. The highest BCUT2D eigenvalue weighted by Gasteiger charge is 2.13. The first-order valence-corrected chi connectivity index (χ1v) is 8.55. The molecule has 4 aromatic rings. The molecule has 132 valence electrons. The van der Waals surface area contributed by atoms with Gasteiger partial charge in [-0.1, -0.05) is 12.1 Å². The summed E-state index contributed by atoms with van der Waals surface area (Å²) < 4.78 is 13.3. The zero-order valence-electron chi connectivity index (χ0n) is 14.6. The summed E-state index contributed by atoms with van der Waals surface area (Å²) in [5, 5.41) is 11.6. The molecule has 2 aromatic carbocycles. The average molecular weight is 349 g/mol. The van der Waals surface area contributed by atoms with Crippen LogP contribution in [0.3, 0.4) is 0 Å². The van der Waals surface area contributed by atoms with Crippen molar-refractivity contribution in [2.24, 2.45) is 0 Å². The van der Waals surface area contributed by atoms with Crippen molar-refractivity contribution in [2.75, 3.05) is 18.5 Å². The first-order valence-electron chi connectivity index (χ1n) is 8.55. The van der Waals surface area contributed by atoms with Crippen LogP contribution in [0, 0.1) is 0 Å². The molecule has 26 heavy (non-hydrogen) atoms.